The van der Waals surface area contributed by atoms with Gasteiger partial charge in [0.2, 0.25) is 15.9 Å². The average molecular weight is 462 g/mol. The number of phenols is 1. The number of rotatable bonds is 9. The SMILES string of the molecule is O=C(CCCNC(=O)OCc1ccccc1)Nc1cc(S(=O)(=O)N2CCCC2)ccc1O. The number of ether oxygens (including phenoxy) is 1. The van der Waals surface area contributed by atoms with Crippen LogP contribution in [0.1, 0.15) is 31.2 Å². The topological polar surface area (TPSA) is 125 Å². The summed E-state index contributed by atoms with van der Waals surface area (Å²) in [5.41, 5.74) is 0.904. The van der Waals surface area contributed by atoms with Gasteiger partial charge >= 0.3 is 6.09 Å². The summed E-state index contributed by atoms with van der Waals surface area (Å²) >= 11 is 0. The van der Waals surface area contributed by atoms with Gasteiger partial charge < -0.3 is 20.5 Å². The number of phenolic OH excluding ortho intramolecular Hbond substituents is 1. The summed E-state index contributed by atoms with van der Waals surface area (Å²) in [6.45, 7) is 1.32. The second-order valence-corrected chi connectivity index (χ2v) is 9.37. The van der Waals surface area contributed by atoms with Crippen LogP contribution in [-0.4, -0.2) is 49.5 Å². The minimum Gasteiger partial charge on any atom is -0.506 e. The molecule has 2 aromatic carbocycles. The van der Waals surface area contributed by atoms with Crippen LogP contribution in [0.3, 0.4) is 0 Å². The van der Waals surface area contributed by atoms with Crippen LogP contribution in [-0.2, 0) is 26.2 Å². The first-order valence-electron chi connectivity index (χ1n) is 10.4. The highest BCUT2D eigenvalue weighted by Gasteiger charge is 2.27. The zero-order valence-corrected chi connectivity index (χ0v) is 18.4. The van der Waals surface area contributed by atoms with Gasteiger partial charge in [-0.05, 0) is 43.0 Å². The molecule has 0 saturated carbocycles. The Balaban J connectivity index is 1.44. The van der Waals surface area contributed by atoms with E-state index in [4.69, 9.17) is 4.74 Å². The van der Waals surface area contributed by atoms with Gasteiger partial charge in [0.25, 0.3) is 0 Å². The Hall–Kier alpha value is -3.11. The number of carbonyl (C=O) groups excluding carboxylic acids is 2. The van der Waals surface area contributed by atoms with Crippen molar-refractivity contribution in [2.24, 2.45) is 0 Å². The molecule has 1 fully saturated rings. The van der Waals surface area contributed by atoms with Crippen LogP contribution in [0.25, 0.3) is 0 Å². The Morgan fingerprint density at radius 1 is 1.06 bits per heavy atom. The molecule has 0 unspecified atom stereocenters. The Bertz CT molecular complexity index is 1040. The van der Waals surface area contributed by atoms with Crippen LogP contribution in [0.5, 0.6) is 5.75 Å². The number of benzene rings is 2. The molecule has 9 nitrogen and oxygen atoms in total. The zero-order valence-electron chi connectivity index (χ0n) is 17.6. The summed E-state index contributed by atoms with van der Waals surface area (Å²) in [5.74, 6) is -0.628. The lowest BCUT2D eigenvalue weighted by Crippen LogP contribution is -2.28. The van der Waals surface area contributed by atoms with Crippen molar-refractivity contribution in [1.82, 2.24) is 9.62 Å². The van der Waals surface area contributed by atoms with Gasteiger partial charge in [-0.15, -0.1) is 0 Å². The largest absolute Gasteiger partial charge is 0.506 e. The molecule has 2 amide bonds. The molecular formula is C22H27N3O6S. The van der Waals surface area contributed by atoms with Crippen molar-refractivity contribution in [3.8, 4) is 5.75 Å². The second-order valence-electron chi connectivity index (χ2n) is 7.43. The first-order chi connectivity index (χ1) is 15.4. The molecule has 1 heterocycles. The maximum Gasteiger partial charge on any atom is 0.407 e. The third kappa shape index (κ3) is 6.44. The van der Waals surface area contributed by atoms with E-state index in [0.717, 1.165) is 18.4 Å². The molecule has 0 spiro atoms. The van der Waals surface area contributed by atoms with Crippen molar-refractivity contribution < 1.29 is 27.9 Å². The van der Waals surface area contributed by atoms with Crippen LogP contribution in [0.2, 0.25) is 0 Å². The number of hydrogen-bond donors (Lipinski definition) is 3. The average Bonchev–Trinajstić information content (AvgIpc) is 3.33. The third-order valence-corrected chi connectivity index (χ3v) is 6.90. The normalized spacial score (nSPS) is 14.1. The number of nitrogens with zero attached hydrogens (tertiary/aromatic N) is 1. The fraction of sp³-hybridized carbons (Fsp3) is 0.364. The standard InChI is InChI=1S/C22H27N3O6S/c26-20-11-10-18(32(29,30)25-13-4-5-14-25)15-19(20)24-21(27)9-6-12-23-22(28)31-16-17-7-2-1-3-8-17/h1-3,7-8,10-11,15,26H,4-6,9,12-14,16H2,(H,23,28)(H,24,27). The van der Waals surface area contributed by atoms with Gasteiger partial charge in [0.05, 0.1) is 10.6 Å². The molecule has 0 atom stereocenters. The molecule has 32 heavy (non-hydrogen) atoms. The Morgan fingerprint density at radius 2 is 1.78 bits per heavy atom. The number of nitrogens with one attached hydrogen (secondary N) is 2. The number of hydrogen-bond acceptors (Lipinski definition) is 6. The molecule has 3 N–H and O–H groups in total. The summed E-state index contributed by atoms with van der Waals surface area (Å²) in [6, 6.07) is 13.1. The van der Waals surface area contributed by atoms with Crippen LogP contribution >= 0.6 is 0 Å². The quantitative estimate of drug-likeness (QED) is 0.390. The van der Waals surface area contributed by atoms with E-state index < -0.39 is 22.0 Å². The van der Waals surface area contributed by atoms with E-state index in [-0.39, 0.29) is 35.9 Å². The molecule has 1 aliphatic rings. The molecule has 172 valence electrons. The van der Waals surface area contributed by atoms with E-state index in [2.05, 4.69) is 10.6 Å². The number of alkyl carbamates (subject to hydrolysis) is 1. The molecule has 1 saturated heterocycles. The van der Waals surface area contributed by atoms with E-state index in [1.807, 2.05) is 30.3 Å². The van der Waals surface area contributed by atoms with Crippen molar-refractivity contribution in [3.63, 3.8) is 0 Å². The van der Waals surface area contributed by atoms with E-state index in [1.54, 1.807) is 0 Å². The molecule has 0 aromatic heterocycles. The van der Waals surface area contributed by atoms with Crippen molar-refractivity contribution >= 4 is 27.7 Å². The Kier molecular flexibility index (Phi) is 8.07. The predicted octanol–water partition coefficient (Wildman–Crippen LogP) is 2.82. The van der Waals surface area contributed by atoms with Crippen molar-refractivity contribution in [2.75, 3.05) is 25.0 Å². The van der Waals surface area contributed by atoms with Gasteiger partial charge in [-0.1, -0.05) is 30.3 Å². The molecule has 3 rings (SSSR count). The molecule has 0 aliphatic carbocycles. The van der Waals surface area contributed by atoms with Gasteiger partial charge in [-0.25, -0.2) is 13.2 Å². The zero-order chi connectivity index (χ0) is 23.0. The first-order valence-corrected chi connectivity index (χ1v) is 11.9. The van der Waals surface area contributed by atoms with Crippen molar-refractivity contribution in [3.05, 3.63) is 54.1 Å². The summed E-state index contributed by atoms with van der Waals surface area (Å²) in [5, 5.41) is 15.1. The van der Waals surface area contributed by atoms with Crippen LogP contribution in [0.4, 0.5) is 10.5 Å². The predicted molar refractivity (Wildman–Crippen MR) is 119 cm³/mol. The van der Waals surface area contributed by atoms with Crippen molar-refractivity contribution in [1.29, 1.82) is 0 Å². The van der Waals surface area contributed by atoms with E-state index in [0.29, 0.717) is 19.5 Å². The number of sulfonamides is 1. The lowest BCUT2D eigenvalue weighted by atomic mass is 10.2. The fourth-order valence-corrected chi connectivity index (χ4v) is 4.82. The monoisotopic (exact) mass is 461 g/mol. The number of amides is 2. The van der Waals surface area contributed by atoms with Gasteiger partial charge in [0, 0.05) is 26.1 Å². The second kappa shape index (κ2) is 11.0. The Labute approximate surface area is 187 Å². The molecule has 0 bridgehead atoms. The van der Waals surface area contributed by atoms with E-state index >= 15 is 0 Å². The highest BCUT2D eigenvalue weighted by Crippen LogP contribution is 2.29. The van der Waals surface area contributed by atoms with Crippen LogP contribution in [0, 0.1) is 0 Å². The van der Waals surface area contributed by atoms with Crippen LogP contribution < -0.4 is 10.6 Å². The Morgan fingerprint density at radius 3 is 2.50 bits per heavy atom. The lowest BCUT2D eigenvalue weighted by molar-refractivity contribution is -0.116. The maximum atomic E-state index is 12.7. The van der Waals surface area contributed by atoms with Crippen molar-refractivity contribution in [2.45, 2.75) is 37.2 Å². The molecule has 1 aliphatic heterocycles. The lowest BCUT2D eigenvalue weighted by Gasteiger charge is -2.16. The third-order valence-electron chi connectivity index (χ3n) is 5.01. The number of carbonyl (C=O) groups is 2. The van der Waals surface area contributed by atoms with E-state index in [9.17, 15) is 23.1 Å². The fourth-order valence-electron chi connectivity index (χ4n) is 3.28. The molecule has 2 aromatic rings. The first kappa shape index (κ1) is 23.6. The highest BCUT2D eigenvalue weighted by molar-refractivity contribution is 7.89. The smallest absolute Gasteiger partial charge is 0.407 e. The molecule has 0 radical (unpaired) electrons. The summed E-state index contributed by atoms with van der Waals surface area (Å²) < 4.78 is 31.8. The summed E-state index contributed by atoms with van der Waals surface area (Å²) in [4.78, 5) is 23.9. The van der Waals surface area contributed by atoms with E-state index in [1.165, 1.54) is 22.5 Å². The minimum absolute atomic E-state index is 0.0235. The van der Waals surface area contributed by atoms with Gasteiger partial charge in [-0.3, -0.25) is 4.79 Å². The van der Waals surface area contributed by atoms with Crippen LogP contribution in [0.15, 0.2) is 53.4 Å². The summed E-state index contributed by atoms with van der Waals surface area (Å²) in [7, 11) is -3.66. The summed E-state index contributed by atoms with van der Waals surface area (Å²) in [6.07, 6.45) is 1.47. The van der Waals surface area contributed by atoms with Gasteiger partial charge in [0.1, 0.15) is 12.4 Å². The number of anilines is 1. The van der Waals surface area contributed by atoms with Gasteiger partial charge in [-0.2, -0.15) is 4.31 Å². The maximum absolute atomic E-state index is 12.7. The molecule has 10 heteroatoms. The minimum atomic E-state index is -3.66. The highest BCUT2D eigenvalue weighted by atomic mass is 32.2. The van der Waals surface area contributed by atoms with Gasteiger partial charge in [0.15, 0.2) is 0 Å². The number of aromatic hydroxyl groups is 1. The molecular weight excluding hydrogens is 434 g/mol.